The first-order valence-corrected chi connectivity index (χ1v) is 7.87. The topological polar surface area (TPSA) is 50.4 Å². The van der Waals surface area contributed by atoms with Crippen LogP contribution in [-0.4, -0.2) is 25.6 Å². The van der Waals surface area contributed by atoms with E-state index in [0.29, 0.717) is 12.5 Å². The molecule has 0 aliphatic heterocycles. The first kappa shape index (κ1) is 18.8. The monoisotopic (exact) mass is 326 g/mol. The highest BCUT2D eigenvalue weighted by molar-refractivity contribution is 5.92. The largest absolute Gasteiger partial charge is 0.494 e. The minimum atomic E-state index is 0. The Labute approximate surface area is 139 Å². The summed E-state index contributed by atoms with van der Waals surface area (Å²) in [6.07, 6.45) is 3.64. The van der Waals surface area contributed by atoms with Gasteiger partial charge in [0.2, 0.25) is 5.91 Å². The van der Waals surface area contributed by atoms with Crippen LogP contribution in [0.15, 0.2) is 24.3 Å². The molecule has 1 aromatic rings. The zero-order chi connectivity index (χ0) is 15.1. The van der Waals surface area contributed by atoms with Crippen molar-refractivity contribution in [3.8, 4) is 5.75 Å². The number of ether oxygens (including phenoxy) is 1. The van der Waals surface area contributed by atoms with Gasteiger partial charge >= 0.3 is 0 Å². The minimum Gasteiger partial charge on any atom is -0.494 e. The lowest BCUT2D eigenvalue weighted by Crippen LogP contribution is -2.29. The Balaban J connectivity index is 0.00000242. The maximum Gasteiger partial charge on any atom is 0.238 e. The van der Waals surface area contributed by atoms with Crippen molar-refractivity contribution in [3.63, 3.8) is 0 Å². The van der Waals surface area contributed by atoms with Gasteiger partial charge in [0.15, 0.2) is 0 Å². The van der Waals surface area contributed by atoms with Crippen LogP contribution in [0.25, 0.3) is 0 Å². The zero-order valence-electron chi connectivity index (χ0n) is 13.4. The molecule has 1 aliphatic carbocycles. The maximum atomic E-state index is 11.7. The number of nitrogens with one attached hydrogen (secondary N) is 2. The number of anilines is 1. The van der Waals surface area contributed by atoms with Gasteiger partial charge in [-0.15, -0.1) is 12.4 Å². The van der Waals surface area contributed by atoms with E-state index in [4.69, 9.17) is 4.74 Å². The summed E-state index contributed by atoms with van der Waals surface area (Å²) in [5.74, 6) is 2.29. The van der Waals surface area contributed by atoms with Crippen LogP contribution in [-0.2, 0) is 4.79 Å². The molecule has 0 saturated heterocycles. The molecular weight excluding hydrogens is 300 g/mol. The van der Waals surface area contributed by atoms with Crippen molar-refractivity contribution in [1.82, 2.24) is 5.32 Å². The normalized spacial score (nSPS) is 13.6. The molecule has 22 heavy (non-hydrogen) atoms. The molecule has 0 radical (unpaired) electrons. The maximum absolute atomic E-state index is 11.7. The van der Waals surface area contributed by atoms with Gasteiger partial charge in [-0.05, 0) is 61.9 Å². The fourth-order valence-corrected chi connectivity index (χ4v) is 1.96. The van der Waals surface area contributed by atoms with E-state index < -0.39 is 0 Å². The van der Waals surface area contributed by atoms with E-state index >= 15 is 0 Å². The molecule has 5 heteroatoms. The molecule has 1 aliphatic rings. The third-order valence-electron chi connectivity index (χ3n) is 3.52. The summed E-state index contributed by atoms with van der Waals surface area (Å²) in [5, 5.41) is 6.06. The number of carbonyl (C=O) groups excluding carboxylic acids is 1. The van der Waals surface area contributed by atoms with Crippen LogP contribution in [0.3, 0.4) is 0 Å². The minimum absolute atomic E-state index is 0. The van der Waals surface area contributed by atoms with E-state index in [1.165, 1.54) is 12.8 Å². The molecule has 1 fully saturated rings. The molecule has 2 N–H and O–H groups in total. The predicted molar refractivity (Wildman–Crippen MR) is 92.9 cm³/mol. The van der Waals surface area contributed by atoms with Gasteiger partial charge in [0.05, 0.1) is 13.2 Å². The quantitative estimate of drug-likeness (QED) is 0.730. The molecule has 4 nitrogen and oxygen atoms in total. The summed E-state index contributed by atoms with van der Waals surface area (Å²) >= 11 is 0. The Morgan fingerprint density at radius 1 is 1.27 bits per heavy atom. The smallest absolute Gasteiger partial charge is 0.238 e. The SMILES string of the molecule is CC(C)CCOc1ccc(NC(=O)CNCC2CC2)cc1.Cl. The van der Waals surface area contributed by atoms with Crippen LogP contribution >= 0.6 is 12.4 Å². The number of carbonyl (C=O) groups is 1. The van der Waals surface area contributed by atoms with Gasteiger partial charge < -0.3 is 15.4 Å². The second-order valence-corrected chi connectivity index (χ2v) is 6.18. The molecule has 1 aromatic carbocycles. The van der Waals surface area contributed by atoms with Gasteiger partial charge in [-0.25, -0.2) is 0 Å². The van der Waals surface area contributed by atoms with Gasteiger partial charge in [0.1, 0.15) is 5.75 Å². The molecule has 0 spiro atoms. The van der Waals surface area contributed by atoms with Gasteiger partial charge in [-0.1, -0.05) is 13.8 Å². The lowest BCUT2D eigenvalue weighted by molar-refractivity contribution is -0.115. The van der Waals surface area contributed by atoms with E-state index in [1.54, 1.807) is 0 Å². The summed E-state index contributed by atoms with van der Waals surface area (Å²) in [4.78, 5) is 11.7. The van der Waals surface area contributed by atoms with Crippen LogP contribution in [0.5, 0.6) is 5.75 Å². The summed E-state index contributed by atoms with van der Waals surface area (Å²) in [7, 11) is 0. The molecule has 0 aromatic heterocycles. The Bertz CT molecular complexity index is 444. The van der Waals surface area contributed by atoms with E-state index in [-0.39, 0.29) is 18.3 Å². The third kappa shape index (κ3) is 7.66. The number of halogens is 1. The Morgan fingerprint density at radius 3 is 2.55 bits per heavy atom. The van der Waals surface area contributed by atoms with Crippen molar-refractivity contribution in [2.75, 3.05) is 25.0 Å². The molecule has 124 valence electrons. The van der Waals surface area contributed by atoms with Gasteiger partial charge in [-0.3, -0.25) is 4.79 Å². The fraction of sp³-hybridized carbons (Fsp3) is 0.588. The highest BCUT2D eigenvalue weighted by Gasteiger charge is 2.20. The molecule has 0 bridgehead atoms. The van der Waals surface area contributed by atoms with E-state index in [9.17, 15) is 4.79 Å². The van der Waals surface area contributed by atoms with Gasteiger partial charge in [-0.2, -0.15) is 0 Å². The Kier molecular flexibility index (Phi) is 8.28. The van der Waals surface area contributed by atoms with Crippen molar-refractivity contribution in [2.24, 2.45) is 11.8 Å². The average molecular weight is 327 g/mol. The number of amides is 1. The van der Waals surface area contributed by atoms with Crippen molar-refractivity contribution in [2.45, 2.75) is 33.1 Å². The van der Waals surface area contributed by atoms with Crippen molar-refractivity contribution < 1.29 is 9.53 Å². The standard InChI is InChI=1S/C17H26N2O2.ClH/c1-13(2)9-10-21-16-7-5-15(6-8-16)19-17(20)12-18-11-14-3-4-14;/h5-8,13-14,18H,3-4,9-12H2,1-2H3,(H,19,20);1H. The zero-order valence-corrected chi connectivity index (χ0v) is 14.2. The van der Waals surface area contributed by atoms with Gasteiger partial charge in [0.25, 0.3) is 0 Å². The summed E-state index contributed by atoms with van der Waals surface area (Å²) in [5.41, 5.74) is 0.810. The molecule has 0 atom stereocenters. The first-order chi connectivity index (χ1) is 10.1. The number of rotatable bonds is 9. The van der Waals surface area contributed by atoms with Crippen LogP contribution < -0.4 is 15.4 Å². The molecule has 0 unspecified atom stereocenters. The molecule has 1 saturated carbocycles. The summed E-state index contributed by atoms with van der Waals surface area (Å²) in [6, 6.07) is 7.55. The molecular formula is C17H27ClN2O2. The predicted octanol–water partition coefficient (Wildman–Crippen LogP) is 3.47. The summed E-state index contributed by atoms with van der Waals surface area (Å²) < 4.78 is 5.65. The van der Waals surface area contributed by atoms with Crippen LogP contribution in [0.2, 0.25) is 0 Å². The van der Waals surface area contributed by atoms with Crippen LogP contribution in [0.1, 0.15) is 33.1 Å². The fourth-order valence-electron chi connectivity index (χ4n) is 1.96. The number of hydrogen-bond acceptors (Lipinski definition) is 3. The first-order valence-electron chi connectivity index (χ1n) is 7.87. The lowest BCUT2D eigenvalue weighted by atomic mass is 10.1. The molecule has 0 heterocycles. The van der Waals surface area contributed by atoms with E-state index in [1.807, 2.05) is 24.3 Å². The third-order valence-corrected chi connectivity index (χ3v) is 3.52. The Morgan fingerprint density at radius 2 is 1.95 bits per heavy atom. The second-order valence-electron chi connectivity index (χ2n) is 6.18. The van der Waals surface area contributed by atoms with E-state index in [2.05, 4.69) is 24.5 Å². The highest BCUT2D eigenvalue weighted by atomic mass is 35.5. The molecule has 2 rings (SSSR count). The van der Waals surface area contributed by atoms with Crippen molar-refractivity contribution in [3.05, 3.63) is 24.3 Å². The Hall–Kier alpha value is -1.26. The highest BCUT2D eigenvalue weighted by Crippen LogP contribution is 2.27. The van der Waals surface area contributed by atoms with E-state index in [0.717, 1.165) is 36.9 Å². The van der Waals surface area contributed by atoms with Crippen molar-refractivity contribution in [1.29, 1.82) is 0 Å². The second kappa shape index (κ2) is 9.70. The van der Waals surface area contributed by atoms with Crippen molar-refractivity contribution >= 4 is 24.0 Å². The van der Waals surface area contributed by atoms with Crippen LogP contribution in [0, 0.1) is 11.8 Å². The summed E-state index contributed by atoms with van der Waals surface area (Å²) in [6.45, 7) is 6.42. The van der Waals surface area contributed by atoms with Crippen LogP contribution in [0.4, 0.5) is 5.69 Å². The number of hydrogen-bond donors (Lipinski definition) is 2. The average Bonchev–Trinajstić information content (AvgIpc) is 3.24. The molecule has 1 amide bonds. The lowest BCUT2D eigenvalue weighted by Gasteiger charge is -2.10. The van der Waals surface area contributed by atoms with Gasteiger partial charge in [0, 0.05) is 5.69 Å². The number of benzene rings is 1.